The molecule has 0 atom stereocenters. The molecule has 3 rings (SSSR count). The van der Waals surface area contributed by atoms with Gasteiger partial charge < -0.3 is 14.0 Å². The van der Waals surface area contributed by atoms with Crippen LogP contribution in [0.5, 0.6) is 0 Å². The van der Waals surface area contributed by atoms with Crippen LogP contribution in [0, 0.1) is 13.8 Å². The van der Waals surface area contributed by atoms with Crippen LogP contribution in [0.1, 0.15) is 53.2 Å². The molecule has 0 N–H and O–H groups in total. The first-order valence-electron chi connectivity index (χ1n) is 8.70. The molecule has 3 aromatic rings. The molecule has 0 unspecified atom stereocenters. The minimum Gasteiger partial charge on any atom is -0.339 e. The Hall–Kier alpha value is -2.89. The van der Waals surface area contributed by atoms with Gasteiger partial charge in [0.25, 0.3) is 5.91 Å². The highest BCUT2D eigenvalue weighted by Gasteiger charge is 2.21. The maximum absolute atomic E-state index is 12.9. The zero-order valence-electron chi connectivity index (χ0n) is 15.9. The summed E-state index contributed by atoms with van der Waals surface area (Å²) in [6, 6.07) is 12.0. The lowest BCUT2D eigenvalue weighted by molar-refractivity contribution is 0.0780. The first-order valence-corrected chi connectivity index (χ1v) is 8.70. The summed E-state index contributed by atoms with van der Waals surface area (Å²) in [6.45, 7) is 8.26. The molecule has 0 saturated heterocycles. The predicted molar refractivity (Wildman–Crippen MR) is 99.4 cm³/mol. The zero-order chi connectivity index (χ0) is 18.8. The number of para-hydroxylation sites is 1. The lowest BCUT2D eigenvalue weighted by Gasteiger charge is -2.15. The van der Waals surface area contributed by atoms with E-state index in [0.717, 1.165) is 17.1 Å². The number of carbonyl (C=O) groups is 1. The standard InChI is InChI=1S/C20H24N4O2/c1-13(2)19-21-18(22-26-19)12-23(5)20(25)17-11-14(3)24(15(17)4)16-9-7-6-8-10-16/h6-11,13H,12H2,1-5H3. The summed E-state index contributed by atoms with van der Waals surface area (Å²) in [6.07, 6.45) is 0. The second kappa shape index (κ2) is 7.15. The Labute approximate surface area is 153 Å². The highest BCUT2D eigenvalue weighted by atomic mass is 16.5. The fourth-order valence-corrected chi connectivity index (χ4v) is 3.01. The van der Waals surface area contributed by atoms with Gasteiger partial charge in [0.2, 0.25) is 5.89 Å². The second-order valence-electron chi connectivity index (χ2n) is 6.82. The average Bonchev–Trinajstić information content (AvgIpc) is 3.19. The SMILES string of the molecule is Cc1cc(C(=O)N(C)Cc2noc(C(C)C)n2)c(C)n1-c1ccccc1. The summed E-state index contributed by atoms with van der Waals surface area (Å²) in [5.41, 5.74) is 3.67. The van der Waals surface area contributed by atoms with Crippen LogP contribution >= 0.6 is 0 Å². The van der Waals surface area contributed by atoms with Gasteiger partial charge in [0.15, 0.2) is 5.82 Å². The Morgan fingerprint density at radius 3 is 2.54 bits per heavy atom. The van der Waals surface area contributed by atoms with E-state index in [1.807, 2.05) is 64.1 Å². The van der Waals surface area contributed by atoms with E-state index in [0.29, 0.717) is 23.8 Å². The Morgan fingerprint density at radius 2 is 1.92 bits per heavy atom. The van der Waals surface area contributed by atoms with Crippen LogP contribution in [0.4, 0.5) is 0 Å². The molecule has 1 aromatic carbocycles. The Balaban J connectivity index is 1.83. The summed E-state index contributed by atoms with van der Waals surface area (Å²) < 4.78 is 7.30. The molecular weight excluding hydrogens is 328 g/mol. The Kier molecular flexibility index (Phi) is 4.93. The van der Waals surface area contributed by atoms with Crippen LogP contribution in [0.2, 0.25) is 0 Å². The van der Waals surface area contributed by atoms with E-state index in [1.165, 1.54) is 0 Å². The van der Waals surface area contributed by atoms with Crippen molar-refractivity contribution >= 4 is 5.91 Å². The molecule has 2 heterocycles. The van der Waals surface area contributed by atoms with Gasteiger partial charge in [-0.25, -0.2) is 0 Å². The van der Waals surface area contributed by atoms with Gasteiger partial charge in [0.05, 0.1) is 12.1 Å². The predicted octanol–water partition coefficient (Wildman–Crippen LogP) is 3.87. The number of aryl methyl sites for hydroxylation is 1. The molecule has 0 aliphatic carbocycles. The number of hydrogen-bond donors (Lipinski definition) is 0. The van der Waals surface area contributed by atoms with Gasteiger partial charge >= 0.3 is 0 Å². The van der Waals surface area contributed by atoms with Crippen molar-refractivity contribution in [3.05, 3.63) is 65.1 Å². The number of carbonyl (C=O) groups excluding carboxylic acids is 1. The van der Waals surface area contributed by atoms with E-state index in [9.17, 15) is 4.79 Å². The molecule has 1 amide bonds. The van der Waals surface area contributed by atoms with Gasteiger partial charge in [-0.15, -0.1) is 0 Å². The van der Waals surface area contributed by atoms with Crippen molar-refractivity contribution in [2.45, 2.75) is 40.2 Å². The highest BCUT2D eigenvalue weighted by molar-refractivity contribution is 5.95. The van der Waals surface area contributed by atoms with Crippen molar-refractivity contribution in [3.63, 3.8) is 0 Å². The summed E-state index contributed by atoms with van der Waals surface area (Å²) >= 11 is 0. The number of amides is 1. The lowest BCUT2D eigenvalue weighted by Crippen LogP contribution is -2.27. The smallest absolute Gasteiger partial charge is 0.255 e. The molecule has 136 valence electrons. The Morgan fingerprint density at radius 1 is 1.23 bits per heavy atom. The maximum atomic E-state index is 12.9. The van der Waals surface area contributed by atoms with Crippen LogP contribution in [0.25, 0.3) is 5.69 Å². The summed E-state index contributed by atoms with van der Waals surface area (Å²) in [7, 11) is 1.75. The number of nitrogens with zero attached hydrogens (tertiary/aromatic N) is 4. The molecule has 6 nitrogen and oxygen atoms in total. The fourth-order valence-electron chi connectivity index (χ4n) is 3.01. The van der Waals surface area contributed by atoms with E-state index in [2.05, 4.69) is 14.7 Å². The molecule has 0 bridgehead atoms. The molecule has 2 aromatic heterocycles. The first kappa shape index (κ1) is 17.9. The van der Waals surface area contributed by atoms with Gasteiger partial charge in [0.1, 0.15) is 0 Å². The van der Waals surface area contributed by atoms with E-state index in [1.54, 1.807) is 11.9 Å². The van der Waals surface area contributed by atoms with Crippen LogP contribution in [0.15, 0.2) is 40.9 Å². The minimum absolute atomic E-state index is 0.0591. The second-order valence-corrected chi connectivity index (χ2v) is 6.82. The third-order valence-corrected chi connectivity index (χ3v) is 4.38. The monoisotopic (exact) mass is 352 g/mol. The quantitative estimate of drug-likeness (QED) is 0.699. The topological polar surface area (TPSA) is 64.2 Å². The molecule has 6 heteroatoms. The fraction of sp³-hybridized carbons (Fsp3) is 0.350. The summed E-state index contributed by atoms with van der Waals surface area (Å²) in [4.78, 5) is 18.9. The van der Waals surface area contributed by atoms with Crippen molar-refractivity contribution in [2.24, 2.45) is 0 Å². The highest BCUT2D eigenvalue weighted by Crippen LogP contribution is 2.22. The lowest BCUT2D eigenvalue weighted by atomic mass is 10.2. The largest absolute Gasteiger partial charge is 0.339 e. The van der Waals surface area contributed by atoms with Gasteiger partial charge in [-0.05, 0) is 32.0 Å². The molecule has 0 aliphatic rings. The van der Waals surface area contributed by atoms with Crippen LogP contribution in [0.3, 0.4) is 0 Å². The number of benzene rings is 1. The van der Waals surface area contributed by atoms with Gasteiger partial charge in [-0.3, -0.25) is 4.79 Å². The molecule has 0 radical (unpaired) electrons. The van der Waals surface area contributed by atoms with Crippen molar-refractivity contribution in [1.29, 1.82) is 0 Å². The van der Waals surface area contributed by atoms with E-state index in [4.69, 9.17) is 4.52 Å². The summed E-state index contributed by atoms with van der Waals surface area (Å²) in [5.74, 6) is 1.21. The number of aromatic nitrogens is 3. The third kappa shape index (κ3) is 3.40. The molecular formula is C20H24N4O2. The van der Waals surface area contributed by atoms with Crippen molar-refractivity contribution in [2.75, 3.05) is 7.05 Å². The van der Waals surface area contributed by atoms with Gasteiger partial charge in [-0.1, -0.05) is 37.2 Å². The van der Waals surface area contributed by atoms with Crippen LogP contribution in [-0.2, 0) is 6.54 Å². The van der Waals surface area contributed by atoms with Gasteiger partial charge in [0, 0.05) is 30.0 Å². The zero-order valence-corrected chi connectivity index (χ0v) is 15.9. The van der Waals surface area contributed by atoms with Crippen LogP contribution < -0.4 is 0 Å². The van der Waals surface area contributed by atoms with E-state index in [-0.39, 0.29) is 11.8 Å². The minimum atomic E-state index is -0.0591. The van der Waals surface area contributed by atoms with Gasteiger partial charge in [-0.2, -0.15) is 4.98 Å². The molecule has 0 fully saturated rings. The number of rotatable bonds is 5. The van der Waals surface area contributed by atoms with Crippen LogP contribution in [-0.4, -0.2) is 32.6 Å². The van der Waals surface area contributed by atoms with E-state index >= 15 is 0 Å². The maximum Gasteiger partial charge on any atom is 0.255 e. The Bertz CT molecular complexity index is 909. The molecule has 0 spiro atoms. The normalized spacial score (nSPS) is 11.2. The van der Waals surface area contributed by atoms with Crippen molar-refractivity contribution in [1.82, 2.24) is 19.6 Å². The van der Waals surface area contributed by atoms with E-state index < -0.39 is 0 Å². The average molecular weight is 352 g/mol. The van der Waals surface area contributed by atoms with Crippen molar-refractivity contribution in [3.8, 4) is 5.69 Å². The molecule has 0 aliphatic heterocycles. The third-order valence-electron chi connectivity index (χ3n) is 4.38. The van der Waals surface area contributed by atoms with Crippen molar-refractivity contribution < 1.29 is 9.32 Å². The first-order chi connectivity index (χ1) is 12.4. The summed E-state index contributed by atoms with van der Waals surface area (Å²) in [5, 5.41) is 3.96. The molecule has 0 saturated carbocycles. The molecule has 26 heavy (non-hydrogen) atoms. The number of hydrogen-bond acceptors (Lipinski definition) is 4.